The third kappa shape index (κ3) is 7.07. The van der Waals surface area contributed by atoms with E-state index >= 15 is 0 Å². The minimum absolute atomic E-state index is 0.0326. The SMILES string of the molecule is COc1ccccc1Nc1nc(N)nc(COC(=O)C(CCSC)NC(=O)c2ccccc2)n1. The van der Waals surface area contributed by atoms with Crippen LogP contribution in [0, 0.1) is 0 Å². The summed E-state index contributed by atoms with van der Waals surface area (Å²) in [6.45, 7) is -0.233. The number of carbonyl (C=O) groups excluding carboxylic acids is 2. The van der Waals surface area contributed by atoms with Crippen LogP contribution in [-0.2, 0) is 16.1 Å². The van der Waals surface area contributed by atoms with Gasteiger partial charge < -0.3 is 25.8 Å². The average Bonchev–Trinajstić information content (AvgIpc) is 2.85. The number of nitrogen functional groups attached to an aromatic ring is 1. The standard InChI is InChI=1S/C23H26N6O4S/c1-32-18-11-7-6-10-16(18)26-23-28-19(27-22(24)29-23)14-33-21(31)17(12-13-34-2)25-20(30)15-8-4-3-5-9-15/h3-11,17H,12-14H2,1-2H3,(H,25,30)(H3,24,26,27,28,29). The van der Waals surface area contributed by atoms with Crippen LogP contribution in [0.4, 0.5) is 17.6 Å². The summed E-state index contributed by atoms with van der Waals surface area (Å²) in [6, 6.07) is 15.1. The third-order valence-corrected chi connectivity index (χ3v) is 5.28. The second-order valence-corrected chi connectivity index (χ2v) is 8.03. The minimum Gasteiger partial charge on any atom is -0.495 e. The molecule has 0 saturated carbocycles. The van der Waals surface area contributed by atoms with E-state index in [2.05, 4.69) is 25.6 Å². The van der Waals surface area contributed by atoms with Gasteiger partial charge in [-0.05, 0) is 42.7 Å². The molecule has 0 aliphatic carbocycles. The molecule has 0 radical (unpaired) electrons. The van der Waals surface area contributed by atoms with Crippen molar-refractivity contribution in [2.45, 2.75) is 19.1 Å². The Hall–Kier alpha value is -3.86. The normalized spacial score (nSPS) is 11.4. The number of aromatic nitrogens is 3. The van der Waals surface area contributed by atoms with E-state index < -0.39 is 12.0 Å². The van der Waals surface area contributed by atoms with Crippen LogP contribution in [0.15, 0.2) is 54.6 Å². The second kappa shape index (κ2) is 12.4. The summed E-state index contributed by atoms with van der Waals surface area (Å²) in [5, 5.41) is 5.76. The van der Waals surface area contributed by atoms with Gasteiger partial charge in [0.1, 0.15) is 11.8 Å². The number of amides is 1. The fourth-order valence-corrected chi connectivity index (χ4v) is 3.45. The van der Waals surface area contributed by atoms with Crippen LogP contribution in [0.3, 0.4) is 0 Å². The Morgan fingerprint density at radius 1 is 1.06 bits per heavy atom. The van der Waals surface area contributed by atoms with E-state index in [1.165, 1.54) is 0 Å². The molecule has 34 heavy (non-hydrogen) atoms. The maximum Gasteiger partial charge on any atom is 0.329 e. The molecule has 3 aromatic rings. The summed E-state index contributed by atoms with van der Waals surface area (Å²) in [5.74, 6) is 0.638. The monoisotopic (exact) mass is 482 g/mol. The van der Waals surface area contributed by atoms with Crippen LogP contribution < -0.4 is 21.1 Å². The number of hydrogen-bond acceptors (Lipinski definition) is 10. The van der Waals surface area contributed by atoms with Crippen molar-refractivity contribution in [3.63, 3.8) is 0 Å². The largest absolute Gasteiger partial charge is 0.495 e. The molecule has 4 N–H and O–H groups in total. The van der Waals surface area contributed by atoms with E-state index in [-0.39, 0.29) is 30.2 Å². The van der Waals surface area contributed by atoms with Crippen molar-refractivity contribution in [2.75, 3.05) is 30.2 Å². The highest BCUT2D eigenvalue weighted by Gasteiger charge is 2.23. The number of hydrogen-bond donors (Lipinski definition) is 3. The van der Waals surface area contributed by atoms with Crippen LogP contribution in [-0.4, -0.2) is 52.0 Å². The molecule has 0 aliphatic rings. The number of esters is 1. The molecule has 1 unspecified atom stereocenters. The predicted octanol–water partition coefficient (Wildman–Crippen LogP) is 2.80. The molecule has 178 valence electrons. The van der Waals surface area contributed by atoms with Gasteiger partial charge >= 0.3 is 5.97 Å². The molecule has 1 heterocycles. The maximum absolute atomic E-state index is 12.8. The zero-order valence-electron chi connectivity index (χ0n) is 18.9. The molecule has 0 fully saturated rings. The first-order valence-electron chi connectivity index (χ1n) is 10.4. The van der Waals surface area contributed by atoms with Crippen LogP contribution in [0.1, 0.15) is 22.6 Å². The highest BCUT2D eigenvalue weighted by Crippen LogP contribution is 2.25. The fourth-order valence-electron chi connectivity index (χ4n) is 2.98. The van der Waals surface area contributed by atoms with E-state index in [0.717, 1.165) is 0 Å². The van der Waals surface area contributed by atoms with Crippen LogP contribution >= 0.6 is 11.8 Å². The van der Waals surface area contributed by atoms with E-state index in [0.29, 0.717) is 29.2 Å². The van der Waals surface area contributed by atoms with Crippen LogP contribution in [0.25, 0.3) is 0 Å². The minimum atomic E-state index is -0.814. The smallest absolute Gasteiger partial charge is 0.329 e. The van der Waals surface area contributed by atoms with Crippen molar-refractivity contribution in [2.24, 2.45) is 0 Å². The van der Waals surface area contributed by atoms with Crippen molar-refractivity contribution >= 4 is 41.2 Å². The highest BCUT2D eigenvalue weighted by atomic mass is 32.2. The topological polar surface area (TPSA) is 141 Å². The fraction of sp³-hybridized carbons (Fsp3) is 0.261. The summed E-state index contributed by atoms with van der Waals surface area (Å²) in [4.78, 5) is 37.6. The van der Waals surface area contributed by atoms with E-state index in [1.807, 2.05) is 24.5 Å². The van der Waals surface area contributed by atoms with Crippen molar-refractivity contribution in [1.82, 2.24) is 20.3 Å². The summed E-state index contributed by atoms with van der Waals surface area (Å²) < 4.78 is 10.7. The van der Waals surface area contributed by atoms with Crippen molar-refractivity contribution < 1.29 is 19.1 Å². The number of ether oxygens (including phenoxy) is 2. The molecular formula is C23H26N6O4S. The molecule has 0 bridgehead atoms. The number of thioether (sulfide) groups is 1. The quantitative estimate of drug-likeness (QED) is 0.349. The van der Waals surface area contributed by atoms with Gasteiger partial charge in [0.15, 0.2) is 12.4 Å². The highest BCUT2D eigenvalue weighted by molar-refractivity contribution is 7.98. The number of para-hydroxylation sites is 2. The third-order valence-electron chi connectivity index (χ3n) is 4.63. The first-order chi connectivity index (χ1) is 16.5. The Bertz CT molecular complexity index is 1120. The lowest BCUT2D eigenvalue weighted by atomic mass is 10.1. The Morgan fingerprint density at radius 2 is 1.79 bits per heavy atom. The maximum atomic E-state index is 12.8. The van der Waals surface area contributed by atoms with E-state index in [9.17, 15) is 9.59 Å². The molecule has 2 aromatic carbocycles. The van der Waals surface area contributed by atoms with Gasteiger partial charge in [-0.15, -0.1) is 0 Å². The van der Waals surface area contributed by atoms with Gasteiger partial charge in [-0.2, -0.15) is 26.7 Å². The lowest BCUT2D eigenvalue weighted by Gasteiger charge is -2.17. The first kappa shape index (κ1) is 24.8. The van der Waals surface area contributed by atoms with Gasteiger partial charge in [-0.3, -0.25) is 4.79 Å². The number of nitrogens with one attached hydrogen (secondary N) is 2. The zero-order valence-corrected chi connectivity index (χ0v) is 19.7. The Kier molecular flexibility index (Phi) is 9.04. The molecule has 1 atom stereocenters. The van der Waals surface area contributed by atoms with Crippen LogP contribution in [0.5, 0.6) is 5.75 Å². The predicted molar refractivity (Wildman–Crippen MR) is 131 cm³/mol. The summed E-state index contributed by atoms with van der Waals surface area (Å²) in [7, 11) is 1.55. The average molecular weight is 483 g/mol. The Morgan fingerprint density at radius 3 is 2.53 bits per heavy atom. The number of anilines is 3. The number of benzene rings is 2. The van der Waals surface area contributed by atoms with Gasteiger partial charge in [-0.1, -0.05) is 30.3 Å². The van der Waals surface area contributed by atoms with Crippen molar-refractivity contribution in [3.8, 4) is 5.75 Å². The molecule has 0 aliphatic heterocycles. The number of nitrogens with two attached hydrogens (primary N) is 1. The Labute approximate surface area is 201 Å². The van der Waals surface area contributed by atoms with Gasteiger partial charge in [0.25, 0.3) is 5.91 Å². The molecule has 0 spiro atoms. The lowest BCUT2D eigenvalue weighted by Crippen LogP contribution is -2.42. The van der Waals surface area contributed by atoms with Gasteiger partial charge in [0.2, 0.25) is 11.9 Å². The lowest BCUT2D eigenvalue weighted by molar-refractivity contribution is -0.147. The van der Waals surface area contributed by atoms with Crippen LogP contribution in [0.2, 0.25) is 0 Å². The second-order valence-electron chi connectivity index (χ2n) is 7.04. The summed E-state index contributed by atoms with van der Waals surface area (Å²) in [5.41, 5.74) is 6.91. The van der Waals surface area contributed by atoms with E-state index in [4.69, 9.17) is 15.2 Å². The zero-order chi connectivity index (χ0) is 24.3. The Balaban J connectivity index is 1.67. The summed E-state index contributed by atoms with van der Waals surface area (Å²) >= 11 is 1.57. The molecule has 1 aromatic heterocycles. The van der Waals surface area contributed by atoms with E-state index in [1.54, 1.807) is 55.3 Å². The summed E-state index contributed by atoms with van der Waals surface area (Å²) in [6.07, 6.45) is 2.34. The molecular weight excluding hydrogens is 456 g/mol. The molecule has 3 rings (SSSR count). The van der Waals surface area contributed by atoms with Gasteiger partial charge in [0, 0.05) is 5.56 Å². The molecule has 0 saturated heterocycles. The molecule has 10 nitrogen and oxygen atoms in total. The van der Waals surface area contributed by atoms with Gasteiger partial charge in [-0.25, -0.2) is 4.79 Å². The number of nitrogens with zero attached hydrogens (tertiary/aromatic N) is 3. The number of rotatable bonds is 11. The molecule has 11 heteroatoms. The van der Waals surface area contributed by atoms with Gasteiger partial charge in [0.05, 0.1) is 12.8 Å². The number of methoxy groups -OCH3 is 1. The van der Waals surface area contributed by atoms with Crippen molar-refractivity contribution in [3.05, 3.63) is 66.0 Å². The number of carbonyl (C=O) groups is 2. The first-order valence-corrected chi connectivity index (χ1v) is 11.8. The molecule has 1 amide bonds. The van der Waals surface area contributed by atoms with Crippen molar-refractivity contribution in [1.29, 1.82) is 0 Å².